The van der Waals surface area contributed by atoms with E-state index in [9.17, 15) is 4.79 Å². The lowest BCUT2D eigenvalue weighted by atomic mass is 10.0. The normalized spacial score (nSPS) is 10.3. The molecule has 82 valence electrons. The molecule has 1 N–H and O–H groups in total. The van der Waals surface area contributed by atoms with Crippen LogP contribution < -0.4 is 5.32 Å². The van der Waals surface area contributed by atoms with Gasteiger partial charge in [0.2, 0.25) is 6.41 Å². The molecule has 0 aliphatic heterocycles. The fraction of sp³-hybridized carbons (Fsp3) is 0.214. The average Bonchev–Trinajstić information content (AvgIpc) is 2.30. The van der Waals surface area contributed by atoms with Gasteiger partial charge in [-0.3, -0.25) is 4.79 Å². The molecular weight excluding hydrogens is 198 g/mol. The van der Waals surface area contributed by atoms with Crippen molar-refractivity contribution >= 4 is 22.9 Å². The average molecular weight is 213 g/mol. The van der Waals surface area contributed by atoms with Crippen LogP contribution in [0.3, 0.4) is 0 Å². The summed E-state index contributed by atoms with van der Waals surface area (Å²) in [6, 6.07) is 12.4. The molecule has 0 saturated carbocycles. The lowest BCUT2D eigenvalue weighted by molar-refractivity contribution is -0.105. The number of hydrogen-bond acceptors (Lipinski definition) is 1. The first kappa shape index (κ1) is 10.7. The Hall–Kier alpha value is -1.83. The van der Waals surface area contributed by atoms with Gasteiger partial charge >= 0.3 is 0 Å². The molecule has 0 aliphatic rings. The zero-order valence-electron chi connectivity index (χ0n) is 9.36. The summed E-state index contributed by atoms with van der Waals surface area (Å²) in [7, 11) is 0. The highest BCUT2D eigenvalue weighted by Crippen LogP contribution is 2.20. The Balaban J connectivity index is 2.40. The highest BCUT2D eigenvalue weighted by molar-refractivity contribution is 5.88. The van der Waals surface area contributed by atoms with Gasteiger partial charge in [-0.15, -0.1) is 0 Å². The first-order valence-electron chi connectivity index (χ1n) is 5.56. The predicted molar refractivity (Wildman–Crippen MR) is 67.6 cm³/mol. The molecule has 0 unspecified atom stereocenters. The van der Waals surface area contributed by atoms with Crippen LogP contribution in [0.25, 0.3) is 10.8 Å². The van der Waals surface area contributed by atoms with E-state index in [-0.39, 0.29) is 0 Å². The summed E-state index contributed by atoms with van der Waals surface area (Å²) in [4.78, 5) is 10.3. The largest absolute Gasteiger partial charge is 0.329 e. The summed E-state index contributed by atoms with van der Waals surface area (Å²) in [5.41, 5.74) is 2.21. The van der Waals surface area contributed by atoms with Crippen LogP contribution >= 0.6 is 0 Å². The minimum Gasteiger partial charge on any atom is -0.329 e. The van der Waals surface area contributed by atoms with Gasteiger partial charge in [-0.2, -0.15) is 0 Å². The molecule has 0 radical (unpaired) electrons. The first-order valence-corrected chi connectivity index (χ1v) is 5.56. The standard InChI is InChI=1S/C14H15NO/c1-2-3-11-4-5-13-9-14(15-10-16)7-6-12(13)8-11/h4-10H,2-3H2,1H3,(H,15,16). The number of benzene rings is 2. The molecule has 0 aliphatic carbocycles. The predicted octanol–water partition coefficient (Wildman–Crippen LogP) is 3.36. The second kappa shape index (κ2) is 4.79. The molecular formula is C14H15NO. The summed E-state index contributed by atoms with van der Waals surface area (Å²) in [5, 5.41) is 5.04. The van der Waals surface area contributed by atoms with Crippen LogP contribution in [0.1, 0.15) is 18.9 Å². The van der Waals surface area contributed by atoms with E-state index in [0.29, 0.717) is 6.41 Å². The first-order chi connectivity index (χ1) is 7.83. The Morgan fingerprint density at radius 2 is 1.88 bits per heavy atom. The van der Waals surface area contributed by atoms with E-state index >= 15 is 0 Å². The summed E-state index contributed by atoms with van der Waals surface area (Å²) in [5.74, 6) is 0. The molecule has 0 fully saturated rings. The van der Waals surface area contributed by atoms with Crippen molar-refractivity contribution in [3.63, 3.8) is 0 Å². The third kappa shape index (κ3) is 2.22. The highest BCUT2D eigenvalue weighted by atomic mass is 16.1. The molecule has 2 aromatic carbocycles. The number of hydrogen-bond donors (Lipinski definition) is 1. The van der Waals surface area contributed by atoms with E-state index < -0.39 is 0 Å². The minimum absolute atomic E-state index is 0.701. The number of fused-ring (bicyclic) bond motifs is 1. The molecule has 2 nitrogen and oxygen atoms in total. The minimum atomic E-state index is 0.701. The van der Waals surface area contributed by atoms with Gasteiger partial charge in [0.15, 0.2) is 0 Å². The van der Waals surface area contributed by atoms with Gasteiger partial charge in [-0.05, 0) is 34.9 Å². The van der Waals surface area contributed by atoms with E-state index in [0.717, 1.165) is 23.9 Å². The number of aryl methyl sites for hydroxylation is 1. The van der Waals surface area contributed by atoms with Gasteiger partial charge < -0.3 is 5.32 Å². The van der Waals surface area contributed by atoms with E-state index in [1.54, 1.807) is 0 Å². The zero-order valence-corrected chi connectivity index (χ0v) is 9.36. The topological polar surface area (TPSA) is 29.1 Å². The second-order valence-corrected chi connectivity index (χ2v) is 3.91. The monoisotopic (exact) mass is 213 g/mol. The second-order valence-electron chi connectivity index (χ2n) is 3.91. The van der Waals surface area contributed by atoms with Crippen LogP contribution in [-0.4, -0.2) is 6.41 Å². The van der Waals surface area contributed by atoms with E-state index in [4.69, 9.17) is 0 Å². The summed E-state index contributed by atoms with van der Waals surface area (Å²) in [6.07, 6.45) is 2.98. The van der Waals surface area contributed by atoms with Crippen molar-refractivity contribution in [1.29, 1.82) is 0 Å². The molecule has 2 aromatic rings. The number of amides is 1. The van der Waals surface area contributed by atoms with E-state index in [1.165, 1.54) is 10.9 Å². The number of carbonyl (C=O) groups is 1. The molecule has 2 heteroatoms. The summed E-state index contributed by atoms with van der Waals surface area (Å²) >= 11 is 0. The van der Waals surface area contributed by atoms with Crippen molar-refractivity contribution in [2.45, 2.75) is 19.8 Å². The lowest BCUT2D eigenvalue weighted by Gasteiger charge is -2.04. The van der Waals surface area contributed by atoms with Crippen LogP contribution in [0, 0.1) is 0 Å². The molecule has 0 heterocycles. The fourth-order valence-corrected chi connectivity index (χ4v) is 1.90. The summed E-state index contributed by atoms with van der Waals surface area (Å²) < 4.78 is 0. The van der Waals surface area contributed by atoms with Crippen LogP contribution in [0.15, 0.2) is 36.4 Å². The Morgan fingerprint density at radius 3 is 2.62 bits per heavy atom. The van der Waals surface area contributed by atoms with Crippen molar-refractivity contribution < 1.29 is 4.79 Å². The van der Waals surface area contributed by atoms with Gasteiger partial charge in [-0.1, -0.05) is 37.6 Å². The zero-order chi connectivity index (χ0) is 11.4. The molecule has 0 aromatic heterocycles. The van der Waals surface area contributed by atoms with Crippen molar-refractivity contribution in [3.05, 3.63) is 42.0 Å². The third-order valence-corrected chi connectivity index (χ3v) is 2.67. The van der Waals surface area contributed by atoms with Crippen molar-refractivity contribution in [2.24, 2.45) is 0 Å². The molecule has 0 bridgehead atoms. The number of carbonyl (C=O) groups excluding carboxylic acids is 1. The number of rotatable bonds is 4. The third-order valence-electron chi connectivity index (χ3n) is 2.67. The van der Waals surface area contributed by atoms with Crippen molar-refractivity contribution in [3.8, 4) is 0 Å². The van der Waals surface area contributed by atoms with Gasteiger partial charge in [-0.25, -0.2) is 0 Å². The smallest absolute Gasteiger partial charge is 0.211 e. The molecule has 1 amide bonds. The van der Waals surface area contributed by atoms with Gasteiger partial charge in [0.05, 0.1) is 0 Å². The van der Waals surface area contributed by atoms with E-state index in [2.05, 4.69) is 30.4 Å². The van der Waals surface area contributed by atoms with Crippen LogP contribution in [0.5, 0.6) is 0 Å². The Labute approximate surface area is 95.3 Å². The fourth-order valence-electron chi connectivity index (χ4n) is 1.90. The number of anilines is 1. The van der Waals surface area contributed by atoms with E-state index in [1.807, 2.05) is 18.2 Å². The van der Waals surface area contributed by atoms with Gasteiger partial charge in [0, 0.05) is 5.69 Å². The molecule has 0 saturated heterocycles. The SMILES string of the molecule is CCCc1ccc2cc(NC=O)ccc2c1. The summed E-state index contributed by atoms with van der Waals surface area (Å²) in [6.45, 7) is 2.18. The highest BCUT2D eigenvalue weighted by Gasteiger charge is 1.97. The Morgan fingerprint density at radius 1 is 1.12 bits per heavy atom. The molecule has 16 heavy (non-hydrogen) atoms. The lowest BCUT2D eigenvalue weighted by Crippen LogP contribution is -1.93. The maximum atomic E-state index is 10.3. The van der Waals surface area contributed by atoms with Crippen LogP contribution in [-0.2, 0) is 11.2 Å². The van der Waals surface area contributed by atoms with Crippen molar-refractivity contribution in [1.82, 2.24) is 0 Å². The molecule has 0 atom stereocenters. The maximum absolute atomic E-state index is 10.3. The van der Waals surface area contributed by atoms with Gasteiger partial charge in [0.25, 0.3) is 0 Å². The number of nitrogens with one attached hydrogen (secondary N) is 1. The Bertz CT molecular complexity index is 505. The molecule has 0 spiro atoms. The van der Waals surface area contributed by atoms with Gasteiger partial charge in [0.1, 0.15) is 0 Å². The van der Waals surface area contributed by atoms with Crippen LogP contribution in [0.2, 0.25) is 0 Å². The van der Waals surface area contributed by atoms with Crippen molar-refractivity contribution in [2.75, 3.05) is 5.32 Å². The molecule has 2 rings (SSSR count). The Kier molecular flexibility index (Phi) is 3.20. The maximum Gasteiger partial charge on any atom is 0.211 e. The van der Waals surface area contributed by atoms with Crippen LogP contribution in [0.4, 0.5) is 5.69 Å². The quantitative estimate of drug-likeness (QED) is 0.775.